The number of hydrazine groups is 1. The second kappa shape index (κ2) is 6.67. The van der Waals surface area contributed by atoms with Crippen LogP contribution in [0.15, 0.2) is 0 Å². The fourth-order valence-corrected chi connectivity index (χ4v) is 3.81. The van der Waals surface area contributed by atoms with Gasteiger partial charge in [0.25, 0.3) is 0 Å². The summed E-state index contributed by atoms with van der Waals surface area (Å²) in [7, 11) is 1.97. The van der Waals surface area contributed by atoms with Gasteiger partial charge in [-0.05, 0) is 43.4 Å². The molecule has 0 spiro atoms. The van der Waals surface area contributed by atoms with Crippen LogP contribution in [0.3, 0.4) is 0 Å². The molecule has 1 saturated carbocycles. The molecule has 0 saturated heterocycles. The van der Waals surface area contributed by atoms with Gasteiger partial charge in [-0.1, -0.05) is 32.4 Å². The molecule has 3 N–H and O–H groups in total. The molecule has 0 aliphatic heterocycles. The Bertz CT molecular complexity index is 471. The third-order valence-corrected chi connectivity index (χ3v) is 5.52. The smallest absolute Gasteiger partial charge is 0.0850 e. The third kappa shape index (κ3) is 3.79. The molecular formula is C16H29ClN4. The van der Waals surface area contributed by atoms with E-state index in [1.165, 1.54) is 25.7 Å². The van der Waals surface area contributed by atoms with Gasteiger partial charge in [0.1, 0.15) is 0 Å². The van der Waals surface area contributed by atoms with Crippen LogP contribution >= 0.6 is 11.6 Å². The topological polar surface area (TPSA) is 55.9 Å². The van der Waals surface area contributed by atoms with Crippen molar-refractivity contribution >= 4 is 11.6 Å². The van der Waals surface area contributed by atoms with Gasteiger partial charge in [-0.3, -0.25) is 16.0 Å². The van der Waals surface area contributed by atoms with E-state index in [0.29, 0.717) is 11.3 Å². The third-order valence-electron chi connectivity index (χ3n) is 5.08. The van der Waals surface area contributed by atoms with E-state index in [1.54, 1.807) is 0 Å². The van der Waals surface area contributed by atoms with E-state index in [0.717, 1.165) is 29.3 Å². The van der Waals surface area contributed by atoms with Crippen LogP contribution in [0.25, 0.3) is 0 Å². The number of nitrogens with zero attached hydrogens (tertiary/aromatic N) is 2. The molecule has 0 bridgehead atoms. The molecule has 1 atom stereocenters. The lowest BCUT2D eigenvalue weighted by molar-refractivity contribution is 0.160. The first kappa shape index (κ1) is 16.8. The zero-order chi connectivity index (χ0) is 15.6. The number of rotatable bonds is 5. The molecule has 0 amide bonds. The van der Waals surface area contributed by atoms with Gasteiger partial charge in [0.2, 0.25) is 0 Å². The van der Waals surface area contributed by atoms with E-state index >= 15 is 0 Å². The van der Waals surface area contributed by atoms with Gasteiger partial charge in [0, 0.05) is 19.5 Å². The van der Waals surface area contributed by atoms with Gasteiger partial charge in [0.05, 0.1) is 16.4 Å². The lowest BCUT2D eigenvalue weighted by Gasteiger charge is -2.37. The predicted octanol–water partition coefficient (Wildman–Crippen LogP) is 3.23. The average molecular weight is 313 g/mol. The summed E-state index contributed by atoms with van der Waals surface area (Å²) in [5.41, 5.74) is 5.59. The summed E-state index contributed by atoms with van der Waals surface area (Å²) in [6, 6.07) is 0.277. The Morgan fingerprint density at radius 1 is 1.43 bits per heavy atom. The van der Waals surface area contributed by atoms with Crippen molar-refractivity contribution in [2.24, 2.45) is 24.2 Å². The number of aryl methyl sites for hydroxylation is 2. The van der Waals surface area contributed by atoms with Crippen LogP contribution in [0, 0.1) is 11.3 Å². The summed E-state index contributed by atoms with van der Waals surface area (Å²) >= 11 is 6.46. The van der Waals surface area contributed by atoms with E-state index in [4.69, 9.17) is 17.4 Å². The van der Waals surface area contributed by atoms with Gasteiger partial charge in [-0.25, -0.2) is 0 Å². The van der Waals surface area contributed by atoms with E-state index in [2.05, 4.69) is 31.3 Å². The number of halogens is 1. The van der Waals surface area contributed by atoms with Crippen molar-refractivity contribution in [1.82, 2.24) is 15.2 Å². The predicted molar refractivity (Wildman–Crippen MR) is 88.2 cm³/mol. The highest BCUT2D eigenvalue weighted by molar-refractivity contribution is 6.31. The van der Waals surface area contributed by atoms with Crippen LogP contribution in [-0.2, 0) is 19.9 Å². The van der Waals surface area contributed by atoms with Gasteiger partial charge in [-0.2, -0.15) is 5.10 Å². The SMILES string of the molecule is CCc1nn(C)c(CC(NN)C2CCC(C)(C)CC2)c1Cl. The zero-order valence-corrected chi connectivity index (χ0v) is 14.5. The highest BCUT2D eigenvalue weighted by Crippen LogP contribution is 2.39. The zero-order valence-electron chi connectivity index (χ0n) is 13.7. The number of nitrogens with two attached hydrogens (primary N) is 1. The number of aromatic nitrogens is 2. The molecule has 1 unspecified atom stereocenters. The summed E-state index contributed by atoms with van der Waals surface area (Å²) in [4.78, 5) is 0. The molecule has 120 valence electrons. The average Bonchev–Trinajstić information content (AvgIpc) is 2.72. The Labute approximate surface area is 133 Å². The fraction of sp³-hybridized carbons (Fsp3) is 0.812. The maximum Gasteiger partial charge on any atom is 0.0850 e. The van der Waals surface area contributed by atoms with Crippen molar-refractivity contribution in [2.75, 3.05) is 0 Å². The van der Waals surface area contributed by atoms with Gasteiger partial charge in [0.15, 0.2) is 0 Å². The van der Waals surface area contributed by atoms with Crippen LogP contribution in [0.4, 0.5) is 0 Å². The molecular weight excluding hydrogens is 284 g/mol. The standard InChI is InChI=1S/C16H29ClN4/c1-5-12-15(17)14(21(4)20-12)10-13(19-18)11-6-8-16(2,3)9-7-11/h11,13,19H,5-10,18H2,1-4H3. The van der Waals surface area contributed by atoms with Gasteiger partial charge < -0.3 is 0 Å². The largest absolute Gasteiger partial charge is 0.271 e. The summed E-state index contributed by atoms with van der Waals surface area (Å²) < 4.78 is 1.91. The minimum atomic E-state index is 0.277. The van der Waals surface area contributed by atoms with Crippen LogP contribution in [0.1, 0.15) is 57.8 Å². The second-order valence-corrected chi connectivity index (χ2v) is 7.54. The van der Waals surface area contributed by atoms with Gasteiger partial charge >= 0.3 is 0 Å². The fourth-order valence-electron chi connectivity index (χ4n) is 3.44. The molecule has 4 nitrogen and oxygen atoms in total. The molecule has 1 fully saturated rings. The second-order valence-electron chi connectivity index (χ2n) is 7.16. The normalized spacial score (nSPS) is 20.7. The first-order valence-electron chi connectivity index (χ1n) is 8.04. The molecule has 1 aliphatic rings. The first-order chi connectivity index (χ1) is 9.88. The first-order valence-corrected chi connectivity index (χ1v) is 8.42. The Morgan fingerprint density at radius 3 is 2.52 bits per heavy atom. The minimum Gasteiger partial charge on any atom is -0.271 e. The Morgan fingerprint density at radius 2 is 2.05 bits per heavy atom. The van der Waals surface area contributed by atoms with Crippen molar-refractivity contribution < 1.29 is 0 Å². The maximum atomic E-state index is 6.46. The Kier molecular flexibility index (Phi) is 5.33. The summed E-state index contributed by atoms with van der Waals surface area (Å²) in [5, 5.41) is 5.32. The highest BCUT2D eigenvalue weighted by Gasteiger charge is 2.32. The summed E-state index contributed by atoms with van der Waals surface area (Å²) in [5.74, 6) is 6.46. The van der Waals surface area contributed by atoms with Crippen molar-refractivity contribution in [3.8, 4) is 0 Å². The van der Waals surface area contributed by atoms with Gasteiger partial charge in [-0.15, -0.1) is 0 Å². The molecule has 1 aromatic rings. The monoisotopic (exact) mass is 312 g/mol. The lowest BCUT2D eigenvalue weighted by Crippen LogP contribution is -2.44. The van der Waals surface area contributed by atoms with E-state index < -0.39 is 0 Å². The molecule has 2 rings (SSSR count). The summed E-state index contributed by atoms with van der Waals surface area (Å²) in [6.45, 7) is 6.80. The van der Waals surface area contributed by atoms with Crippen LogP contribution in [0.2, 0.25) is 5.02 Å². The quantitative estimate of drug-likeness (QED) is 0.648. The lowest BCUT2D eigenvalue weighted by atomic mass is 9.70. The number of nitrogens with one attached hydrogen (secondary N) is 1. The Hall–Kier alpha value is -0.580. The number of hydrogen-bond donors (Lipinski definition) is 2. The maximum absolute atomic E-state index is 6.46. The molecule has 0 aromatic carbocycles. The summed E-state index contributed by atoms with van der Waals surface area (Å²) in [6.07, 6.45) is 6.73. The van der Waals surface area contributed by atoms with E-state index in [-0.39, 0.29) is 6.04 Å². The molecule has 1 aromatic heterocycles. The molecule has 0 radical (unpaired) electrons. The van der Waals surface area contributed by atoms with Crippen LogP contribution < -0.4 is 11.3 Å². The van der Waals surface area contributed by atoms with E-state index in [9.17, 15) is 0 Å². The van der Waals surface area contributed by atoms with Crippen molar-refractivity contribution in [1.29, 1.82) is 0 Å². The molecule has 5 heteroatoms. The van der Waals surface area contributed by atoms with E-state index in [1.807, 2.05) is 11.7 Å². The van der Waals surface area contributed by atoms with Crippen molar-refractivity contribution in [3.05, 3.63) is 16.4 Å². The van der Waals surface area contributed by atoms with Crippen LogP contribution in [-0.4, -0.2) is 15.8 Å². The Balaban J connectivity index is 2.08. The van der Waals surface area contributed by atoms with Crippen molar-refractivity contribution in [2.45, 2.75) is 65.3 Å². The number of hydrogen-bond acceptors (Lipinski definition) is 3. The minimum absolute atomic E-state index is 0.277. The highest BCUT2D eigenvalue weighted by atomic mass is 35.5. The van der Waals surface area contributed by atoms with Crippen LogP contribution in [0.5, 0.6) is 0 Å². The van der Waals surface area contributed by atoms with Crippen molar-refractivity contribution in [3.63, 3.8) is 0 Å². The molecule has 21 heavy (non-hydrogen) atoms. The molecule has 1 heterocycles. The molecule has 1 aliphatic carbocycles.